The number of aryl methyl sites for hydroxylation is 1. The van der Waals surface area contributed by atoms with Crippen molar-refractivity contribution in [3.05, 3.63) is 16.5 Å². The van der Waals surface area contributed by atoms with Gasteiger partial charge >= 0.3 is 0 Å². The summed E-state index contributed by atoms with van der Waals surface area (Å²) in [7, 11) is -1.46. The molecule has 0 radical (unpaired) electrons. The quantitative estimate of drug-likeness (QED) is 0.847. The fourth-order valence-electron chi connectivity index (χ4n) is 2.47. The summed E-state index contributed by atoms with van der Waals surface area (Å²) in [6, 6.07) is 1.77. The summed E-state index contributed by atoms with van der Waals surface area (Å²) in [4.78, 5) is 1.09. The maximum atomic E-state index is 12.2. The molecule has 6 heteroatoms. The smallest absolute Gasteiger partial charge is 0.250 e. The van der Waals surface area contributed by atoms with Gasteiger partial charge < -0.3 is 5.32 Å². The fourth-order valence-corrected chi connectivity index (χ4v) is 5.23. The van der Waals surface area contributed by atoms with E-state index in [0.717, 1.165) is 23.3 Å². The lowest BCUT2D eigenvalue weighted by Gasteiger charge is -2.09. The first-order valence-corrected chi connectivity index (χ1v) is 9.06. The van der Waals surface area contributed by atoms with Crippen molar-refractivity contribution in [2.75, 3.05) is 13.6 Å². The van der Waals surface area contributed by atoms with Crippen molar-refractivity contribution < 1.29 is 8.42 Å². The average Bonchev–Trinajstić information content (AvgIpc) is 2.98. The molecule has 1 aliphatic carbocycles. The third-order valence-electron chi connectivity index (χ3n) is 3.64. The molecule has 1 heterocycles. The normalized spacial score (nSPS) is 17.2. The zero-order valence-corrected chi connectivity index (χ0v) is 13.2. The zero-order valence-electron chi connectivity index (χ0n) is 11.5. The highest BCUT2D eigenvalue weighted by Crippen LogP contribution is 2.27. The Bertz CT molecular complexity index is 517. The highest BCUT2D eigenvalue weighted by Gasteiger charge is 2.21. The predicted octanol–water partition coefficient (Wildman–Crippen LogP) is 2.24. The van der Waals surface area contributed by atoms with Crippen molar-refractivity contribution in [1.29, 1.82) is 0 Å². The second-order valence-corrected chi connectivity index (χ2v) is 8.33. The van der Waals surface area contributed by atoms with E-state index < -0.39 is 10.0 Å². The van der Waals surface area contributed by atoms with Crippen LogP contribution in [-0.2, 0) is 16.6 Å². The molecule has 1 aliphatic rings. The molecule has 1 fully saturated rings. The van der Waals surface area contributed by atoms with E-state index in [1.54, 1.807) is 6.07 Å². The van der Waals surface area contributed by atoms with Crippen LogP contribution in [0.15, 0.2) is 10.3 Å². The minimum Gasteiger partial charge on any atom is -0.315 e. The molecule has 2 N–H and O–H groups in total. The molecule has 2 rings (SSSR count). The van der Waals surface area contributed by atoms with Gasteiger partial charge in [0.1, 0.15) is 4.21 Å². The first kappa shape index (κ1) is 15.0. The van der Waals surface area contributed by atoms with Gasteiger partial charge in [0.25, 0.3) is 0 Å². The van der Waals surface area contributed by atoms with Gasteiger partial charge in [0.05, 0.1) is 0 Å². The van der Waals surface area contributed by atoms with Gasteiger partial charge in [-0.25, -0.2) is 13.1 Å². The van der Waals surface area contributed by atoms with Crippen LogP contribution in [0, 0.1) is 12.8 Å². The first-order chi connectivity index (χ1) is 9.03. The van der Waals surface area contributed by atoms with Gasteiger partial charge in [0.15, 0.2) is 0 Å². The molecule has 1 saturated carbocycles. The highest BCUT2D eigenvalue weighted by molar-refractivity contribution is 7.91. The Morgan fingerprint density at radius 3 is 2.68 bits per heavy atom. The summed E-state index contributed by atoms with van der Waals surface area (Å²) in [5.74, 6) is 0.521. The number of hydrogen-bond donors (Lipinski definition) is 2. The molecular formula is C13H22N2O2S2. The Labute approximate surface area is 119 Å². The van der Waals surface area contributed by atoms with Gasteiger partial charge in [-0.15, -0.1) is 11.3 Å². The maximum absolute atomic E-state index is 12.2. The Hall–Kier alpha value is -0.430. The fraction of sp³-hybridized carbons (Fsp3) is 0.692. The van der Waals surface area contributed by atoms with E-state index >= 15 is 0 Å². The Morgan fingerprint density at radius 2 is 2.05 bits per heavy atom. The van der Waals surface area contributed by atoms with E-state index in [1.807, 2.05) is 14.0 Å². The summed E-state index contributed by atoms with van der Waals surface area (Å²) >= 11 is 1.36. The van der Waals surface area contributed by atoms with E-state index in [1.165, 1.54) is 24.2 Å². The van der Waals surface area contributed by atoms with Gasteiger partial charge in [-0.2, -0.15) is 0 Å². The molecule has 0 unspecified atom stereocenters. The lowest BCUT2D eigenvalue weighted by molar-refractivity contribution is 0.520. The van der Waals surface area contributed by atoms with Gasteiger partial charge in [-0.3, -0.25) is 0 Å². The molecule has 0 bridgehead atoms. The molecule has 0 saturated heterocycles. The van der Waals surface area contributed by atoms with E-state index in [9.17, 15) is 8.42 Å². The lowest BCUT2D eigenvalue weighted by Crippen LogP contribution is -2.27. The third kappa shape index (κ3) is 3.78. The summed E-state index contributed by atoms with van der Waals surface area (Å²) in [6.07, 6.45) is 4.77. The van der Waals surface area contributed by atoms with E-state index in [0.29, 0.717) is 23.2 Å². The first-order valence-electron chi connectivity index (χ1n) is 6.76. The molecule has 108 valence electrons. The maximum Gasteiger partial charge on any atom is 0.250 e. The molecule has 1 aromatic heterocycles. The van der Waals surface area contributed by atoms with Gasteiger partial charge in [-0.1, -0.05) is 12.8 Å². The molecular weight excluding hydrogens is 280 g/mol. The van der Waals surface area contributed by atoms with Crippen LogP contribution in [0.2, 0.25) is 0 Å². The van der Waals surface area contributed by atoms with E-state index in [-0.39, 0.29) is 0 Å². The highest BCUT2D eigenvalue weighted by atomic mass is 32.2. The monoisotopic (exact) mass is 302 g/mol. The minimum atomic E-state index is -3.33. The summed E-state index contributed by atoms with van der Waals surface area (Å²) in [6.45, 7) is 3.26. The van der Waals surface area contributed by atoms with E-state index in [4.69, 9.17) is 0 Å². The average molecular weight is 302 g/mol. The van der Waals surface area contributed by atoms with Crippen molar-refractivity contribution in [3.63, 3.8) is 0 Å². The van der Waals surface area contributed by atoms with E-state index in [2.05, 4.69) is 10.0 Å². The van der Waals surface area contributed by atoms with Crippen molar-refractivity contribution in [3.8, 4) is 0 Å². The van der Waals surface area contributed by atoms with Crippen LogP contribution < -0.4 is 10.0 Å². The van der Waals surface area contributed by atoms with Crippen LogP contribution in [0.25, 0.3) is 0 Å². The number of thiophene rings is 1. The molecule has 0 atom stereocenters. The van der Waals surface area contributed by atoms with Crippen molar-refractivity contribution in [2.24, 2.45) is 5.92 Å². The summed E-state index contributed by atoms with van der Waals surface area (Å²) in [5, 5.41) is 3.06. The SMILES string of the molecule is CNCc1sc(S(=O)(=O)NCC2CCCC2)cc1C. The van der Waals surface area contributed by atoms with Crippen LogP contribution >= 0.6 is 11.3 Å². The summed E-state index contributed by atoms with van der Waals surface area (Å²) in [5.41, 5.74) is 1.04. The van der Waals surface area contributed by atoms with Crippen LogP contribution in [0.4, 0.5) is 0 Å². The Balaban J connectivity index is 2.03. The molecule has 0 spiro atoms. The molecule has 0 amide bonds. The Morgan fingerprint density at radius 1 is 1.37 bits per heavy atom. The molecule has 1 aromatic rings. The molecule has 19 heavy (non-hydrogen) atoms. The van der Waals surface area contributed by atoms with Crippen LogP contribution in [-0.4, -0.2) is 22.0 Å². The number of rotatable bonds is 6. The van der Waals surface area contributed by atoms with Crippen molar-refractivity contribution >= 4 is 21.4 Å². The van der Waals surface area contributed by atoms with Crippen molar-refractivity contribution in [1.82, 2.24) is 10.0 Å². The van der Waals surface area contributed by atoms with Gasteiger partial charge in [0, 0.05) is 18.0 Å². The lowest BCUT2D eigenvalue weighted by atomic mass is 10.1. The molecule has 0 aromatic carbocycles. The van der Waals surface area contributed by atoms with Crippen LogP contribution in [0.5, 0.6) is 0 Å². The largest absolute Gasteiger partial charge is 0.315 e. The molecule has 0 aliphatic heterocycles. The summed E-state index contributed by atoms with van der Waals surface area (Å²) < 4.78 is 27.7. The topological polar surface area (TPSA) is 58.2 Å². The third-order valence-corrected chi connectivity index (χ3v) is 6.77. The predicted molar refractivity (Wildman–Crippen MR) is 79.0 cm³/mol. The van der Waals surface area contributed by atoms with Crippen LogP contribution in [0.1, 0.15) is 36.1 Å². The zero-order chi connectivity index (χ0) is 13.9. The van der Waals surface area contributed by atoms with Gasteiger partial charge in [-0.05, 0) is 44.4 Å². The van der Waals surface area contributed by atoms with Crippen LogP contribution in [0.3, 0.4) is 0 Å². The number of hydrogen-bond acceptors (Lipinski definition) is 4. The molecule has 4 nitrogen and oxygen atoms in total. The second kappa shape index (κ2) is 6.35. The Kier molecular flexibility index (Phi) is 5.00. The van der Waals surface area contributed by atoms with Crippen molar-refractivity contribution in [2.45, 2.75) is 43.4 Å². The minimum absolute atomic E-state index is 0.438. The van der Waals surface area contributed by atoms with Gasteiger partial charge in [0.2, 0.25) is 10.0 Å². The number of nitrogens with one attached hydrogen (secondary N) is 2. The number of sulfonamides is 1. The second-order valence-electron chi connectivity index (χ2n) is 5.20. The standard InChI is InChI=1S/C13H22N2O2S2/c1-10-7-13(18-12(10)9-14-2)19(16,17)15-8-11-5-3-4-6-11/h7,11,14-15H,3-6,8-9H2,1-2H3.